The Kier molecular flexibility index (Phi) is 10.7. The Labute approximate surface area is 253 Å². The molecule has 10 heteroatoms. The van der Waals surface area contributed by atoms with Crippen LogP contribution in [0, 0.1) is 0 Å². The number of esters is 1. The van der Waals surface area contributed by atoms with Gasteiger partial charge in [0.05, 0.1) is 6.61 Å². The van der Waals surface area contributed by atoms with Gasteiger partial charge >= 0.3 is 18.2 Å². The highest BCUT2D eigenvalue weighted by atomic mass is 16.6. The van der Waals surface area contributed by atoms with E-state index in [1.807, 2.05) is 43.3 Å². The average molecular weight is 594 g/mol. The highest BCUT2D eigenvalue weighted by Crippen LogP contribution is 2.44. The molecule has 1 fully saturated rings. The van der Waals surface area contributed by atoms with E-state index in [-0.39, 0.29) is 37.4 Å². The van der Waals surface area contributed by atoms with Crippen molar-refractivity contribution in [1.82, 2.24) is 15.1 Å². The molecule has 0 aromatic heterocycles. The first-order valence-electron chi connectivity index (χ1n) is 15.1. The lowest BCUT2D eigenvalue weighted by molar-refractivity contribution is -0.157. The van der Waals surface area contributed by atoms with Crippen LogP contribution in [0.5, 0.6) is 0 Å². The summed E-state index contributed by atoms with van der Waals surface area (Å²) < 4.78 is 16.4. The third kappa shape index (κ3) is 8.49. The van der Waals surface area contributed by atoms with Gasteiger partial charge in [0.2, 0.25) is 5.91 Å². The summed E-state index contributed by atoms with van der Waals surface area (Å²) in [5, 5.41) is 2.64. The van der Waals surface area contributed by atoms with Crippen LogP contribution in [0.25, 0.3) is 11.1 Å². The van der Waals surface area contributed by atoms with Gasteiger partial charge in [-0.1, -0.05) is 61.9 Å². The van der Waals surface area contributed by atoms with Gasteiger partial charge in [0.25, 0.3) is 0 Å². The van der Waals surface area contributed by atoms with Crippen molar-refractivity contribution in [3.05, 3.63) is 59.7 Å². The number of hydrogen-bond acceptors (Lipinski definition) is 7. The van der Waals surface area contributed by atoms with Crippen LogP contribution in [-0.2, 0) is 23.8 Å². The molecule has 0 saturated carbocycles. The van der Waals surface area contributed by atoms with Crippen molar-refractivity contribution in [3.8, 4) is 11.1 Å². The molecule has 1 heterocycles. The van der Waals surface area contributed by atoms with E-state index in [0.29, 0.717) is 32.8 Å². The standard InChI is InChI=1S/C33H43N3O7/c1-5-6-21-41-32(40)36-19-17-35(18-20-36)29(37)16-15-28(30(38)43-33(2,3)4)34-31(39)42-22-27-25-13-9-7-11-23(25)24-12-8-10-14-26(24)27/h7-14,27-28H,5-6,15-22H2,1-4H3,(H,34,39)/t28-/m0/s1. The summed E-state index contributed by atoms with van der Waals surface area (Å²) in [6.45, 7) is 9.25. The molecule has 2 aliphatic rings. The van der Waals surface area contributed by atoms with Crippen LogP contribution in [0.1, 0.15) is 70.4 Å². The lowest BCUT2D eigenvalue weighted by Crippen LogP contribution is -2.51. The molecule has 10 nitrogen and oxygen atoms in total. The van der Waals surface area contributed by atoms with E-state index in [0.717, 1.165) is 35.1 Å². The predicted molar refractivity (Wildman–Crippen MR) is 161 cm³/mol. The van der Waals surface area contributed by atoms with Crippen molar-refractivity contribution in [2.45, 2.75) is 70.9 Å². The second-order valence-electron chi connectivity index (χ2n) is 11.9. The number of fused-ring (bicyclic) bond motifs is 3. The molecule has 1 aliphatic carbocycles. The Balaban J connectivity index is 1.32. The fourth-order valence-electron chi connectivity index (χ4n) is 5.36. The van der Waals surface area contributed by atoms with Gasteiger partial charge in [-0.05, 0) is 55.9 Å². The van der Waals surface area contributed by atoms with E-state index in [4.69, 9.17) is 14.2 Å². The van der Waals surface area contributed by atoms with Crippen LogP contribution in [-0.4, -0.2) is 84.9 Å². The third-order valence-corrected chi connectivity index (χ3v) is 7.59. The molecule has 2 aromatic carbocycles. The zero-order chi connectivity index (χ0) is 31.0. The molecule has 1 N–H and O–H groups in total. The van der Waals surface area contributed by atoms with Gasteiger partial charge in [-0.25, -0.2) is 14.4 Å². The Morgan fingerprint density at radius 3 is 2.05 bits per heavy atom. The maximum Gasteiger partial charge on any atom is 0.409 e. The first kappa shape index (κ1) is 31.8. The molecule has 3 amide bonds. The van der Waals surface area contributed by atoms with Gasteiger partial charge in [0, 0.05) is 38.5 Å². The van der Waals surface area contributed by atoms with E-state index >= 15 is 0 Å². The van der Waals surface area contributed by atoms with Crippen molar-refractivity contribution in [2.75, 3.05) is 39.4 Å². The number of unbranched alkanes of at least 4 members (excludes halogenated alkanes) is 1. The number of nitrogens with zero attached hydrogens (tertiary/aromatic N) is 2. The van der Waals surface area contributed by atoms with Crippen molar-refractivity contribution in [3.63, 3.8) is 0 Å². The molecule has 1 aliphatic heterocycles. The third-order valence-electron chi connectivity index (χ3n) is 7.59. The topological polar surface area (TPSA) is 114 Å². The predicted octanol–water partition coefficient (Wildman–Crippen LogP) is 5.10. The number of alkyl carbamates (subject to hydrolysis) is 1. The average Bonchev–Trinajstić information content (AvgIpc) is 3.30. The summed E-state index contributed by atoms with van der Waals surface area (Å²) in [5.41, 5.74) is 3.63. The van der Waals surface area contributed by atoms with E-state index in [1.165, 1.54) is 0 Å². The fraction of sp³-hybridized carbons (Fsp3) is 0.515. The van der Waals surface area contributed by atoms with Crippen molar-refractivity contribution in [1.29, 1.82) is 0 Å². The Bertz CT molecular complexity index is 1250. The quantitative estimate of drug-likeness (QED) is 0.232. The van der Waals surface area contributed by atoms with E-state index < -0.39 is 23.7 Å². The monoisotopic (exact) mass is 593 g/mol. The van der Waals surface area contributed by atoms with Crippen LogP contribution in [0.3, 0.4) is 0 Å². The second-order valence-corrected chi connectivity index (χ2v) is 11.9. The Morgan fingerprint density at radius 1 is 0.884 bits per heavy atom. The van der Waals surface area contributed by atoms with Gasteiger partial charge in [-0.2, -0.15) is 0 Å². The molecular formula is C33H43N3O7. The van der Waals surface area contributed by atoms with Crippen molar-refractivity contribution < 1.29 is 33.4 Å². The van der Waals surface area contributed by atoms with Crippen molar-refractivity contribution in [2.24, 2.45) is 0 Å². The molecule has 1 atom stereocenters. The van der Waals surface area contributed by atoms with Gasteiger partial charge in [-0.3, -0.25) is 4.79 Å². The Morgan fingerprint density at radius 2 is 1.47 bits per heavy atom. The zero-order valence-corrected chi connectivity index (χ0v) is 25.6. The summed E-state index contributed by atoms with van der Waals surface area (Å²) in [4.78, 5) is 54.5. The van der Waals surface area contributed by atoms with E-state index in [1.54, 1.807) is 30.6 Å². The molecule has 0 radical (unpaired) electrons. The first-order chi connectivity index (χ1) is 20.6. The minimum atomic E-state index is -1.06. The van der Waals surface area contributed by atoms with Gasteiger partial charge in [-0.15, -0.1) is 0 Å². The zero-order valence-electron chi connectivity index (χ0n) is 25.6. The highest BCUT2D eigenvalue weighted by Gasteiger charge is 2.32. The van der Waals surface area contributed by atoms with Gasteiger partial charge < -0.3 is 29.3 Å². The molecule has 0 bridgehead atoms. The number of carbonyl (C=O) groups is 4. The number of rotatable bonds is 10. The SMILES string of the molecule is CCCCOC(=O)N1CCN(C(=O)CC[C@H](NC(=O)OCC2c3ccccc3-c3ccccc32)C(=O)OC(C)(C)C)CC1. The number of hydrogen-bond donors (Lipinski definition) is 1. The number of carbonyl (C=O) groups excluding carboxylic acids is 4. The summed E-state index contributed by atoms with van der Waals surface area (Å²) >= 11 is 0. The minimum absolute atomic E-state index is 0.0223. The van der Waals surface area contributed by atoms with Crippen molar-refractivity contribution >= 4 is 24.1 Å². The van der Waals surface area contributed by atoms with Crippen LogP contribution in [0.2, 0.25) is 0 Å². The molecule has 43 heavy (non-hydrogen) atoms. The van der Waals surface area contributed by atoms with Gasteiger partial charge in [0.1, 0.15) is 18.2 Å². The number of piperazine rings is 1. The summed E-state index contributed by atoms with van der Waals surface area (Å²) in [7, 11) is 0. The lowest BCUT2D eigenvalue weighted by Gasteiger charge is -2.34. The molecule has 232 valence electrons. The van der Waals surface area contributed by atoms with E-state index in [9.17, 15) is 19.2 Å². The van der Waals surface area contributed by atoms with E-state index in [2.05, 4.69) is 17.4 Å². The lowest BCUT2D eigenvalue weighted by atomic mass is 9.98. The molecule has 4 rings (SSSR count). The molecule has 0 unspecified atom stereocenters. The minimum Gasteiger partial charge on any atom is -0.458 e. The smallest absolute Gasteiger partial charge is 0.409 e. The number of nitrogens with one attached hydrogen (secondary N) is 1. The van der Waals surface area contributed by atoms with Crippen LogP contribution in [0.4, 0.5) is 9.59 Å². The Hall–Kier alpha value is -4.08. The summed E-state index contributed by atoms with van der Waals surface area (Å²) in [5.74, 6) is -0.919. The highest BCUT2D eigenvalue weighted by molar-refractivity contribution is 5.83. The molecule has 2 aromatic rings. The second kappa shape index (κ2) is 14.4. The fourth-order valence-corrected chi connectivity index (χ4v) is 5.36. The maximum absolute atomic E-state index is 13.0. The normalized spacial score (nSPS) is 15.3. The maximum atomic E-state index is 13.0. The van der Waals surface area contributed by atoms with Crippen LogP contribution < -0.4 is 5.32 Å². The van der Waals surface area contributed by atoms with Crippen LogP contribution >= 0.6 is 0 Å². The summed E-state index contributed by atoms with van der Waals surface area (Å²) in [6.07, 6.45) is 0.715. The molecule has 0 spiro atoms. The number of benzene rings is 2. The molecular weight excluding hydrogens is 550 g/mol. The molecule has 1 saturated heterocycles. The largest absolute Gasteiger partial charge is 0.458 e. The van der Waals surface area contributed by atoms with Crippen LogP contribution in [0.15, 0.2) is 48.5 Å². The summed E-state index contributed by atoms with van der Waals surface area (Å²) in [6, 6.07) is 15.0. The number of ether oxygens (including phenoxy) is 3. The van der Waals surface area contributed by atoms with Gasteiger partial charge in [0.15, 0.2) is 0 Å². The first-order valence-corrected chi connectivity index (χ1v) is 15.1. The number of amides is 3.